The van der Waals surface area contributed by atoms with Crippen molar-refractivity contribution in [2.24, 2.45) is 7.05 Å². The SMILES string of the molecule is Cc1c(CC(=O)O)c2ccccc2n1C(=O)c1ccc(OCc2cc3ccccc3n2C)cc1. The molecular formula is C28H24N2O4. The third-order valence-corrected chi connectivity index (χ3v) is 6.31. The number of carbonyl (C=O) groups excluding carboxylic acids is 1. The topological polar surface area (TPSA) is 73.5 Å². The van der Waals surface area contributed by atoms with Gasteiger partial charge >= 0.3 is 5.97 Å². The van der Waals surface area contributed by atoms with Crippen LogP contribution in [0.15, 0.2) is 78.9 Å². The second-order valence-electron chi connectivity index (χ2n) is 8.36. The van der Waals surface area contributed by atoms with E-state index in [1.54, 1.807) is 35.8 Å². The molecule has 0 aliphatic carbocycles. The summed E-state index contributed by atoms with van der Waals surface area (Å²) < 4.78 is 9.69. The van der Waals surface area contributed by atoms with E-state index >= 15 is 0 Å². The van der Waals surface area contributed by atoms with Crippen LogP contribution in [0.2, 0.25) is 0 Å². The molecule has 0 aliphatic heterocycles. The molecule has 0 unspecified atom stereocenters. The van der Waals surface area contributed by atoms with Gasteiger partial charge in [0.1, 0.15) is 12.4 Å². The summed E-state index contributed by atoms with van der Waals surface area (Å²) in [5, 5.41) is 11.3. The highest BCUT2D eigenvalue weighted by molar-refractivity contribution is 6.04. The summed E-state index contributed by atoms with van der Waals surface area (Å²) in [4.78, 5) is 24.8. The van der Waals surface area contributed by atoms with Gasteiger partial charge in [-0.05, 0) is 60.3 Å². The number of rotatable bonds is 6. The van der Waals surface area contributed by atoms with Crippen molar-refractivity contribution in [3.05, 3.63) is 101 Å². The lowest BCUT2D eigenvalue weighted by Gasteiger charge is -2.10. The van der Waals surface area contributed by atoms with Gasteiger partial charge in [-0.15, -0.1) is 0 Å². The fraction of sp³-hybridized carbons (Fsp3) is 0.143. The molecule has 5 rings (SSSR count). The highest BCUT2D eigenvalue weighted by atomic mass is 16.5. The highest BCUT2D eigenvalue weighted by Gasteiger charge is 2.21. The minimum Gasteiger partial charge on any atom is -0.487 e. The van der Waals surface area contributed by atoms with Gasteiger partial charge in [-0.25, -0.2) is 0 Å². The van der Waals surface area contributed by atoms with Crippen molar-refractivity contribution >= 4 is 33.7 Å². The molecule has 3 aromatic carbocycles. The van der Waals surface area contributed by atoms with E-state index in [-0.39, 0.29) is 12.3 Å². The van der Waals surface area contributed by atoms with E-state index in [0.29, 0.717) is 34.7 Å². The van der Waals surface area contributed by atoms with Crippen LogP contribution < -0.4 is 4.74 Å². The summed E-state index contributed by atoms with van der Waals surface area (Å²) >= 11 is 0. The number of fused-ring (bicyclic) bond motifs is 2. The number of carboxylic acids is 1. The van der Waals surface area contributed by atoms with Gasteiger partial charge in [0.2, 0.25) is 0 Å². The van der Waals surface area contributed by atoms with Gasteiger partial charge in [0.25, 0.3) is 5.91 Å². The van der Waals surface area contributed by atoms with Gasteiger partial charge in [-0.1, -0.05) is 36.4 Å². The van der Waals surface area contributed by atoms with Crippen molar-refractivity contribution in [2.75, 3.05) is 0 Å². The lowest BCUT2D eigenvalue weighted by molar-refractivity contribution is -0.136. The number of aromatic nitrogens is 2. The zero-order chi connectivity index (χ0) is 23.8. The molecule has 0 amide bonds. The van der Waals surface area contributed by atoms with Crippen LogP contribution in [-0.4, -0.2) is 26.1 Å². The third kappa shape index (κ3) is 3.73. The van der Waals surface area contributed by atoms with Crippen LogP contribution in [0.4, 0.5) is 0 Å². The van der Waals surface area contributed by atoms with Crippen molar-refractivity contribution in [1.82, 2.24) is 9.13 Å². The van der Waals surface area contributed by atoms with Crippen LogP contribution in [-0.2, 0) is 24.9 Å². The minimum atomic E-state index is -0.925. The Morgan fingerprint density at radius 2 is 1.59 bits per heavy atom. The number of aliphatic carboxylic acids is 1. The van der Waals surface area contributed by atoms with Gasteiger partial charge < -0.3 is 14.4 Å². The van der Waals surface area contributed by atoms with Crippen LogP contribution in [0.1, 0.15) is 27.3 Å². The molecule has 0 atom stereocenters. The summed E-state index contributed by atoms with van der Waals surface area (Å²) in [6.07, 6.45) is -0.131. The van der Waals surface area contributed by atoms with Crippen molar-refractivity contribution < 1.29 is 19.4 Å². The number of ether oxygens (including phenoxy) is 1. The van der Waals surface area contributed by atoms with E-state index in [1.165, 1.54) is 5.39 Å². The van der Waals surface area contributed by atoms with Crippen LogP contribution in [0.5, 0.6) is 5.75 Å². The van der Waals surface area contributed by atoms with Crippen molar-refractivity contribution in [2.45, 2.75) is 20.0 Å². The standard InChI is InChI=1S/C28H24N2O4/c1-18-24(16-27(31)32)23-8-4-6-10-26(23)30(18)28(33)19-11-13-22(14-12-19)34-17-21-15-20-7-3-5-9-25(20)29(21)2/h3-15H,16-17H2,1-2H3,(H,31,32). The Kier molecular flexibility index (Phi) is 5.42. The molecule has 34 heavy (non-hydrogen) atoms. The molecule has 170 valence electrons. The molecule has 5 aromatic rings. The summed E-state index contributed by atoms with van der Waals surface area (Å²) in [6.45, 7) is 2.20. The molecule has 0 bridgehead atoms. The molecule has 0 aliphatic rings. The Morgan fingerprint density at radius 3 is 2.29 bits per heavy atom. The lowest BCUT2D eigenvalue weighted by Crippen LogP contribution is -2.14. The highest BCUT2D eigenvalue weighted by Crippen LogP contribution is 2.28. The quantitative estimate of drug-likeness (QED) is 0.378. The first-order chi connectivity index (χ1) is 16.4. The van der Waals surface area contributed by atoms with E-state index in [1.807, 2.05) is 43.4 Å². The summed E-state index contributed by atoms with van der Waals surface area (Å²) in [7, 11) is 2.02. The first-order valence-corrected chi connectivity index (χ1v) is 11.1. The zero-order valence-electron chi connectivity index (χ0n) is 19.0. The van der Waals surface area contributed by atoms with Gasteiger partial charge in [0, 0.05) is 29.2 Å². The second kappa shape index (κ2) is 8.56. The molecule has 2 aromatic heterocycles. The Bertz CT molecular complexity index is 1540. The monoisotopic (exact) mass is 452 g/mol. The number of para-hydroxylation sites is 2. The summed E-state index contributed by atoms with van der Waals surface area (Å²) in [6, 6.07) is 24.7. The maximum atomic E-state index is 13.4. The molecule has 2 heterocycles. The second-order valence-corrected chi connectivity index (χ2v) is 8.36. The van der Waals surface area contributed by atoms with E-state index in [9.17, 15) is 14.7 Å². The molecule has 0 spiro atoms. The predicted octanol–water partition coefficient (Wildman–Crippen LogP) is 5.34. The normalized spacial score (nSPS) is 11.2. The average Bonchev–Trinajstić information content (AvgIpc) is 3.31. The number of carboxylic acid groups (broad SMARTS) is 1. The minimum absolute atomic E-state index is 0.131. The van der Waals surface area contributed by atoms with Gasteiger partial charge in [-0.2, -0.15) is 0 Å². The number of hydrogen-bond donors (Lipinski definition) is 1. The van der Waals surface area contributed by atoms with Crippen molar-refractivity contribution in [3.63, 3.8) is 0 Å². The zero-order valence-corrected chi connectivity index (χ0v) is 19.0. The Balaban J connectivity index is 1.39. The van der Waals surface area contributed by atoms with Crippen LogP contribution >= 0.6 is 0 Å². The van der Waals surface area contributed by atoms with E-state index in [4.69, 9.17) is 4.74 Å². The average molecular weight is 453 g/mol. The molecule has 0 fully saturated rings. The number of aryl methyl sites for hydroxylation is 1. The molecule has 6 heteroatoms. The lowest BCUT2D eigenvalue weighted by atomic mass is 10.1. The molecule has 0 radical (unpaired) electrons. The van der Waals surface area contributed by atoms with E-state index < -0.39 is 5.97 Å². The maximum Gasteiger partial charge on any atom is 0.307 e. The van der Waals surface area contributed by atoms with Crippen molar-refractivity contribution in [3.8, 4) is 5.75 Å². The molecular weight excluding hydrogens is 428 g/mol. The molecule has 6 nitrogen and oxygen atoms in total. The van der Waals surface area contributed by atoms with Crippen LogP contribution in [0.25, 0.3) is 21.8 Å². The predicted molar refractivity (Wildman–Crippen MR) is 131 cm³/mol. The fourth-order valence-corrected chi connectivity index (χ4v) is 4.54. The van der Waals surface area contributed by atoms with E-state index in [0.717, 1.165) is 16.6 Å². The Hall–Kier alpha value is -4.32. The number of hydrogen-bond acceptors (Lipinski definition) is 3. The van der Waals surface area contributed by atoms with Crippen molar-refractivity contribution in [1.29, 1.82) is 0 Å². The maximum absolute atomic E-state index is 13.4. The van der Waals surface area contributed by atoms with Gasteiger partial charge in [0.05, 0.1) is 17.6 Å². The van der Waals surface area contributed by atoms with Crippen LogP contribution in [0, 0.1) is 6.92 Å². The largest absolute Gasteiger partial charge is 0.487 e. The first-order valence-electron chi connectivity index (χ1n) is 11.1. The summed E-state index contributed by atoms with van der Waals surface area (Å²) in [5.74, 6) is -0.459. The number of benzene rings is 3. The van der Waals surface area contributed by atoms with Crippen LogP contribution in [0.3, 0.4) is 0 Å². The third-order valence-electron chi connectivity index (χ3n) is 6.31. The first kappa shape index (κ1) is 21.5. The van der Waals surface area contributed by atoms with Gasteiger partial charge in [-0.3, -0.25) is 14.2 Å². The van der Waals surface area contributed by atoms with E-state index in [2.05, 4.69) is 22.8 Å². The molecule has 0 saturated carbocycles. The number of nitrogens with zero attached hydrogens (tertiary/aromatic N) is 2. The fourth-order valence-electron chi connectivity index (χ4n) is 4.54. The Labute approximate surface area is 196 Å². The smallest absolute Gasteiger partial charge is 0.307 e. The van der Waals surface area contributed by atoms with Gasteiger partial charge in [0.15, 0.2) is 0 Å². The molecule has 1 N–H and O–H groups in total. The summed E-state index contributed by atoms with van der Waals surface area (Å²) in [5.41, 5.74) is 4.72. The number of carbonyl (C=O) groups is 2. The Morgan fingerprint density at radius 1 is 0.912 bits per heavy atom. The molecule has 0 saturated heterocycles.